The van der Waals surface area contributed by atoms with Gasteiger partial charge in [-0.1, -0.05) is 0 Å². The van der Waals surface area contributed by atoms with Gasteiger partial charge in [-0.25, -0.2) is 4.79 Å². The summed E-state index contributed by atoms with van der Waals surface area (Å²) in [6.07, 6.45) is 0.410. The van der Waals surface area contributed by atoms with Gasteiger partial charge < -0.3 is 19.7 Å². The van der Waals surface area contributed by atoms with Gasteiger partial charge in [-0.05, 0) is 48.5 Å². The Hall–Kier alpha value is -3.35. The van der Waals surface area contributed by atoms with Crippen molar-refractivity contribution in [3.63, 3.8) is 0 Å². The molecule has 3 rings (SSSR count). The first-order valence-electron chi connectivity index (χ1n) is 8.95. The van der Waals surface area contributed by atoms with Gasteiger partial charge in [-0.3, -0.25) is 9.59 Å². The summed E-state index contributed by atoms with van der Waals surface area (Å²) in [4.78, 5) is 36.6. The van der Waals surface area contributed by atoms with E-state index in [-0.39, 0.29) is 17.7 Å². The van der Waals surface area contributed by atoms with Crippen LogP contribution in [0.5, 0.6) is 5.75 Å². The quantitative estimate of drug-likeness (QED) is 0.777. The summed E-state index contributed by atoms with van der Waals surface area (Å²) in [6.45, 7) is 2.42. The number of methoxy groups -OCH3 is 1. The van der Waals surface area contributed by atoms with Crippen molar-refractivity contribution in [1.29, 1.82) is 0 Å². The second-order valence-electron chi connectivity index (χ2n) is 6.63. The number of carbonyl (C=O) groups is 3. The normalized spacial score (nSPS) is 16.0. The van der Waals surface area contributed by atoms with Gasteiger partial charge in [0.15, 0.2) is 0 Å². The first-order valence-corrected chi connectivity index (χ1v) is 8.95. The van der Waals surface area contributed by atoms with E-state index in [2.05, 4.69) is 10.1 Å². The molecular formula is C21H22N2O5. The zero-order valence-corrected chi connectivity index (χ0v) is 15.8. The maximum absolute atomic E-state index is 12.4. The average Bonchev–Trinajstić information content (AvgIpc) is 3.07. The minimum absolute atomic E-state index is 0.0434. The first-order chi connectivity index (χ1) is 13.5. The molecule has 146 valence electrons. The number of ether oxygens (including phenoxy) is 2. The lowest BCUT2D eigenvalue weighted by atomic mass is 10.1. The number of nitrogens with zero attached hydrogens (tertiary/aromatic N) is 1. The van der Waals surface area contributed by atoms with Crippen LogP contribution >= 0.6 is 0 Å². The molecule has 1 unspecified atom stereocenters. The molecule has 28 heavy (non-hydrogen) atoms. The van der Waals surface area contributed by atoms with Crippen LogP contribution in [0.15, 0.2) is 48.5 Å². The Bertz CT molecular complexity index is 861. The molecule has 1 atom stereocenters. The first kappa shape index (κ1) is 19.4. The zero-order chi connectivity index (χ0) is 20.1. The van der Waals surface area contributed by atoms with Crippen LogP contribution in [0.2, 0.25) is 0 Å². The molecule has 7 heteroatoms. The molecule has 1 saturated heterocycles. The summed E-state index contributed by atoms with van der Waals surface area (Å²) in [5.41, 5.74) is 1.95. The average molecular weight is 382 g/mol. The van der Waals surface area contributed by atoms with Gasteiger partial charge >= 0.3 is 5.97 Å². The molecule has 1 heterocycles. The Morgan fingerprint density at radius 3 is 2.39 bits per heavy atom. The van der Waals surface area contributed by atoms with Crippen LogP contribution in [-0.2, 0) is 14.3 Å². The largest absolute Gasteiger partial charge is 0.493 e. The van der Waals surface area contributed by atoms with Gasteiger partial charge in [0.2, 0.25) is 11.8 Å². The standard InChI is InChI=1S/C21H22N2O5/c1-14(24)22-17-5-7-18(8-6-17)23-12-15(11-20(23)25)13-28-19-9-3-16(4-10-19)21(26)27-2/h3-10,15H,11-13H2,1-2H3,(H,22,24). The fraction of sp³-hybridized carbons (Fsp3) is 0.286. The Morgan fingerprint density at radius 2 is 1.79 bits per heavy atom. The van der Waals surface area contributed by atoms with Crippen molar-refractivity contribution < 1.29 is 23.9 Å². The van der Waals surface area contributed by atoms with Crippen LogP contribution in [0.1, 0.15) is 23.7 Å². The van der Waals surface area contributed by atoms with Crippen LogP contribution in [0.4, 0.5) is 11.4 Å². The molecule has 1 aliphatic rings. The van der Waals surface area contributed by atoms with Gasteiger partial charge in [0, 0.05) is 37.2 Å². The number of esters is 1. The highest BCUT2D eigenvalue weighted by Gasteiger charge is 2.31. The van der Waals surface area contributed by atoms with Gasteiger partial charge in [-0.2, -0.15) is 0 Å². The lowest BCUT2D eigenvalue weighted by molar-refractivity contribution is -0.117. The lowest BCUT2D eigenvalue weighted by Crippen LogP contribution is -2.25. The topological polar surface area (TPSA) is 84.9 Å². The zero-order valence-electron chi connectivity index (χ0n) is 15.8. The number of carbonyl (C=O) groups excluding carboxylic acids is 3. The molecule has 0 radical (unpaired) electrons. The number of anilines is 2. The van der Waals surface area contributed by atoms with E-state index >= 15 is 0 Å². The van der Waals surface area contributed by atoms with E-state index in [1.165, 1.54) is 14.0 Å². The Labute approximate surface area is 163 Å². The van der Waals surface area contributed by atoms with Gasteiger partial charge in [0.25, 0.3) is 0 Å². The Balaban J connectivity index is 1.55. The molecule has 2 aromatic rings. The third kappa shape index (κ3) is 4.68. The van der Waals surface area contributed by atoms with Crippen molar-refractivity contribution in [2.24, 2.45) is 5.92 Å². The molecule has 0 saturated carbocycles. The van der Waals surface area contributed by atoms with E-state index in [1.807, 2.05) is 12.1 Å². The maximum Gasteiger partial charge on any atom is 0.337 e. The van der Waals surface area contributed by atoms with E-state index in [9.17, 15) is 14.4 Å². The summed E-state index contributed by atoms with van der Waals surface area (Å²) in [7, 11) is 1.34. The highest BCUT2D eigenvalue weighted by Crippen LogP contribution is 2.27. The minimum atomic E-state index is -0.395. The molecular weight excluding hydrogens is 360 g/mol. The van der Waals surface area contributed by atoms with Crippen molar-refractivity contribution in [3.05, 3.63) is 54.1 Å². The van der Waals surface area contributed by atoms with Crippen LogP contribution in [0.25, 0.3) is 0 Å². The highest BCUT2D eigenvalue weighted by molar-refractivity contribution is 5.96. The van der Waals surface area contributed by atoms with Gasteiger partial charge in [0.05, 0.1) is 19.3 Å². The molecule has 7 nitrogen and oxygen atoms in total. The Morgan fingerprint density at radius 1 is 1.11 bits per heavy atom. The van der Waals surface area contributed by atoms with Crippen LogP contribution < -0.4 is 15.0 Å². The van der Waals surface area contributed by atoms with Crippen molar-refractivity contribution in [2.45, 2.75) is 13.3 Å². The number of hydrogen-bond acceptors (Lipinski definition) is 5. The molecule has 0 aliphatic carbocycles. The molecule has 0 spiro atoms. The number of benzene rings is 2. The Kier molecular flexibility index (Phi) is 5.93. The molecule has 1 N–H and O–H groups in total. The third-order valence-corrected chi connectivity index (χ3v) is 4.47. The third-order valence-electron chi connectivity index (χ3n) is 4.47. The number of hydrogen-bond donors (Lipinski definition) is 1. The smallest absolute Gasteiger partial charge is 0.337 e. The van der Waals surface area contributed by atoms with Crippen molar-refractivity contribution in [2.75, 3.05) is 30.5 Å². The van der Waals surface area contributed by atoms with Gasteiger partial charge in [-0.15, -0.1) is 0 Å². The fourth-order valence-electron chi connectivity index (χ4n) is 3.09. The number of amides is 2. The summed E-state index contributed by atoms with van der Waals surface area (Å²) in [5.74, 6) is 0.220. The number of rotatable bonds is 6. The van der Waals surface area contributed by atoms with Crippen molar-refractivity contribution in [3.8, 4) is 5.75 Å². The molecule has 0 bridgehead atoms. The lowest BCUT2D eigenvalue weighted by Gasteiger charge is -2.17. The summed E-state index contributed by atoms with van der Waals surface area (Å²) < 4.78 is 10.4. The predicted octanol–water partition coefficient (Wildman–Crippen LogP) is 2.86. The van der Waals surface area contributed by atoms with Crippen molar-refractivity contribution >= 4 is 29.2 Å². The van der Waals surface area contributed by atoms with Crippen molar-refractivity contribution in [1.82, 2.24) is 0 Å². The fourth-order valence-corrected chi connectivity index (χ4v) is 3.09. The molecule has 1 aliphatic heterocycles. The summed E-state index contributed by atoms with van der Waals surface area (Å²) in [6, 6.07) is 13.9. The van der Waals surface area contributed by atoms with E-state index in [0.717, 1.165) is 5.69 Å². The van der Waals surface area contributed by atoms with Crippen LogP contribution in [0.3, 0.4) is 0 Å². The second-order valence-corrected chi connectivity index (χ2v) is 6.63. The van der Waals surface area contributed by atoms with Gasteiger partial charge in [0.1, 0.15) is 5.75 Å². The summed E-state index contributed by atoms with van der Waals surface area (Å²) >= 11 is 0. The maximum atomic E-state index is 12.4. The monoisotopic (exact) mass is 382 g/mol. The summed E-state index contributed by atoms with van der Waals surface area (Å²) in [5, 5.41) is 2.70. The SMILES string of the molecule is COC(=O)c1ccc(OCC2CC(=O)N(c3ccc(NC(C)=O)cc3)C2)cc1. The molecule has 0 aromatic heterocycles. The molecule has 1 fully saturated rings. The van der Waals surface area contributed by atoms with E-state index in [1.54, 1.807) is 41.3 Å². The van der Waals surface area contributed by atoms with E-state index in [4.69, 9.17) is 4.74 Å². The highest BCUT2D eigenvalue weighted by atomic mass is 16.5. The van der Waals surface area contributed by atoms with E-state index < -0.39 is 5.97 Å². The van der Waals surface area contributed by atoms with Crippen LogP contribution in [-0.4, -0.2) is 38.0 Å². The predicted molar refractivity (Wildman–Crippen MR) is 104 cm³/mol. The van der Waals surface area contributed by atoms with Crippen LogP contribution in [0, 0.1) is 5.92 Å². The minimum Gasteiger partial charge on any atom is -0.493 e. The molecule has 2 amide bonds. The van der Waals surface area contributed by atoms with E-state index in [0.29, 0.717) is 36.6 Å². The number of nitrogens with one attached hydrogen (secondary N) is 1. The molecule has 2 aromatic carbocycles. The second kappa shape index (κ2) is 8.56.